The van der Waals surface area contributed by atoms with Crippen molar-refractivity contribution in [3.8, 4) is 16.3 Å². The number of hydrogen-bond donors (Lipinski definition) is 0. The molecule has 1 atom stereocenters. The van der Waals surface area contributed by atoms with Gasteiger partial charge in [0, 0.05) is 30.6 Å². The first-order valence-electron chi connectivity index (χ1n) is 9.30. The number of benzene rings is 2. The Morgan fingerprint density at radius 2 is 1.86 bits per heavy atom. The highest BCUT2D eigenvalue weighted by Gasteiger charge is 2.31. The van der Waals surface area contributed by atoms with Crippen LogP contribution in [0.15, 0.2) is 60.0 Å². The highest BCUT2D eigenvalue weighted by atomic mass is 32.1. The second-order valence-electron chi connectivity index (χ2n) is 6.95. The molecule has 1 unspecified atom stereocenters. The van der Waals surface area contributed by atoms with Gasteiger partial charge in [0.15, 0.2) is 0 Å². The van der Waals surface area contributed by atoms with Gasteiger partial charge >= 0.3 is 0 Å². The van der Waals surface area contributed by atoms with Gasteiger partial charge in [0.1, 0.15) is 16.5 Å². The van der Waals surface area contributed by atoms with Crippen LogP contribution in [0.3, 0.4) is 0 Å². The third-order valence-electron chi connectivity index (χ3n) is 5.09. The molecule has 0 saturated carbocycles. The van der Waals surface area contributed by atoms with Crippen LogP contribution in [0.1, 0.15) is 22.1 Å². The lowest BCUT2D eigenvalue weighted by molar-refractivity contribution is 0.0493. The van der Waals surface area contributed by atoms with Crippen molar-refractivity contribution in [3.63, 3.8) is 0 Å². The van der Waals surface area contributed by atoms with Crippen molar-refractivity contribution in [3.05, 3.63) is 71.2 Å². The van der Waals surface area contributed by atoms with Gasteiger partial charge in [0.25, 0.3) is 5.91 Å². The molecule has 28 heavy (non-hydrogen) atoms. The van der Waals surface area contributed by atoms with Gasteiger partial charge in [-0.05, 0) is 36.9 Å². The molecule has 1 amide bonds. The van der Waals surface area contributed by atoms with E-state index in [-0.39, 0.29) is 11.9 Å². The Bertz CT molecular complexity index is 940. The molecule has 1 aliphatic heterocycles. The van der Waals surface area contributed by atoms with Crippen molar-refractivity contribution in [2.75, 3.05) is 33.8 Å². The molecule has 0 bridgehead atoms. The largest absolute Gasteiger partial charge is 0.497 e. The molecular formula is C22H23N3O2S. The lowest BCUT2D eigenvalue weighted by atomic mass is 10.0. The number of amides is 1. The molecule has 0 radical (unpaired) electrons. The summed E-state index contributed by atoms with van der Waals surface area (Å²) < 4.78 is 5.21. The predicted molar refractivity (Wildman–Crippen MR) is 112 cm³/mol. The maximum Gasteiger partial charge on any atom is 0.273 e. The molecule has 1 aromatic heterocycles. The second kappa shape index (κ2) is 8.12. The number of aromatic nitrogens is 1. The first-order chi connectivity index (χ1) is 13.7. The number of likely N-dealkylation sites (N-methyl/N-ethyl adjacent to an activating group) is 1. The van der Waals surface area contributed by atoms with Gasteiger partial charge in [-0.15, -0.1) is 11.3 Å². The van der Waals surface area contributed by atoms with Crippen LogP contribution in [0.25, 0.3) is 10.6 Å². The predicted octanol–water partition coefficient (Wildman–Crippen LogP) is 3.95. The summed E-state index contributed by atoms with van der Waals surface area (Å²) in [5.74, 6) is 0.803. The van der Waals surface area contributed by atoms with Crippen molar-refractivity contribution in [1.29, 1.82) is 0 Å². The molecular weight excluding hydrogens is 370 g/mol. The van der Waals surface area contributed by atoms with Crippen molar-refractivity contribution in [2.24, 2.45) is 0 Å². The van der Waals surface area contributed by atoms with Crippen LogP contribution in [-0.2, 0) is 0 Å². The fraction of sp³-hybridized carbons (Fsp3) is 0.273. The lowest BCUT2D eigenvalue weighted by Crippen LogP contribution is -2.49. The Labute approximate surface area is 169 Å². The van der Waals surface area contributed by atoms with Crippen LogP contribution in [0.4, 0.5) is 0 Å². The zero-order valence-electron chi connectivity index (χ0n) is 16.0. The molecule has 0 aliphatic carbocycles. The minimum atomic E-state index is -0.00188. The first-order valence-corrected chi connectivity index (χ1v) is 10.2. The van der Waals surface area contributed by atoms with E-state index in [0.29, 0.717) is 12.2 Å². The third kappa shape index (κ3) is 3.79. The molecule has 6 heteroatoms. The fourth-order valence-electron chi connectivity index (χ4n) is 3.51. The Morgan fingerprint density at radius 3 is 2.57 bits per heavy atom. The smallest absolute Gasteiger partial charge is 0.273 e. The van der Waals surface area contributed by atoms with E-state index < -0.39 is 0 Å². The molecule has 1 saturated heterocycles. The number of carbonyl (C=O) groups is 1. The van der Waals surface area contributed by atoms with Crippen molar-refractivity contribution in [2.45, 2.75) is 6.04 Å². The molecule has 1 aliphatic rings. The fourth-order valence-corrected chi connectivity index (χ4v) is 4.31. The van der Waals surface area contributed by atoms with Gasteiger partial charge < -0.3 is 14.5 Å². The van der Waals surface area contributed by atoms with Gasteiger partial charge in [-0.1, -0.05) is 30.3 Å². The summed E-state index contributed by atoms with van der Waals surface area (Å²) in [7, 11) is 3.75. The molecule has 3 aromatic rings. The molecule has 5 nitrogen and oxygen atoms in total. The standard InChI is InChI=1S/C22H23N3O2S/c1-24-12-13-25(20(14-24)16-6-4-3-5-7-16)22(26)19-15-28-21(23-19)17-8-10-18(27-2)11-9-17/h3-11,15,20H,12-14H2,1-2H3. The summed E-state index contributed by atoms with van der Waals surface area (Å²) in [6.07, 6.45) is 0. The van der Waals surface area contributed by atoms with E-state index in [1.165, 1.54) is 11.3 Å². The van der Waals surface area contributed by atoms with Crippen LogP contribution in [0.2, 0.25) is 0 Å². The highest BCUT2D eigenvalue weighted by molar-refractivity contribution is 7.13. The van der Waals surface area contributed by atoms with E-state index in [1.807, 2.05) is 52.7 Å². The number of hydrogen-bond acceptors (Lipinski definition) is 5. The number of nitrogens with zero attached hydrogens (tertiary/aromatic N) is 3. The summed E-state index contributed by atoms with van der Waals surface area (Å²) in [5, 5.41) is 2.71. The van der Waals surface area contributed by atoms with E-state index in [1.54, 1.807) is 7.11 Å². The maximum atomic E-state index is 13.3. The number of methoxy groups -OCH3 is 1. The average molecular weight is 394 g/mol. The molecule has 144 valence electrons. The van der Waals surface area contributed by atoms with E-state index in [0.717, 1.165) is 35.0 Å². The minimum absolute atomic E-state index is 0.00188. The van der Waals surface area contributed by atoms with E-state index >= 15 is 0 Å². The summed E-state index contributed by atoms with van der Waals surface area (Å²) in [4.78, 5) is 22.1. The normalized spacial score (nSPS) is 17.5. The van der Waals surface area contributed by atoms with E-state index in [2.05, 4.69) is 29.1 Å². The SMILES string of the molecule is COc1ccc(-c2nc(C(=O)N3CCN(C)CC3c3ccccc3)cs2)cc1. The quantitative estimate of drug-likeness (QED) is 0.673. The van der Waals surface area contributed by atoms with E-state index in [9.17, 15) is 4.79 Å². The first kappa shape index (κ1) is 18.7. The third-order valence-corrected chi connectivity index (χ3v) is 5.98. The Morgan fingerprint density at radius 1 is 1.11 bits per heavy atom. The summed E-state index contributed by atoms with van der Waals surface area (Å²) in [6, 6.07) is 18.0. The molecule has 0 spiro atoms. The van der Waals surface area contributed by atoms with Crippen LogP contribution in [0.5, 0.6) is 5.75 Å². The van der Waals surface area contributed by atoms with Crippen molar-refractivity contribution in [1.82, 2.24) is 14.8 Å². The zero-order valence-corrected chi connectivity index (χ0v) is 16.9. The van der Waals surface area contributed by atoms with Crippen LogP contribution < -0.4 is 4.74 Å². The summed E-state index contributed by atoms with van der Waals surface area (Å²) in [6.45, 7) is 2.39. The van der Waals surface area contributed by atoms with Crippen LogP contribution in [0, 0.1) is 0 Å². The summed E-state index contributed by atoms with van der Waals surface area (Å²) in [5.41, 5.74) is 2.66. The average Bonchev–Trinajstić information content (AvgIpc) is 3.24. The number of piperazine rings is 1. The number of rotatable bonds is 4. The molecule has 4 rings (SSSR count). The number of carbonyl (C=O) groups excluding carboxylic acids is 1. The lowest BCUT2D eigenvalue weighted by Gasteiger charge is -2.40. The van der Waals surface area contributed by atoms with Gasteiger partial charge in [-0.2, -0.15) is 0 Å². The van der Waals surface area contributed by atoms with Gasteiger partial charge in [-0.3, -0.25) is 4.79 Å². The number of ether oxygens (including phenoxy) is 1. The van der Waals surface area contributed by atoms with Gasteiger partial charge in [0.05, 0.1) is 13.2 Å². The molecule has 2 aromatic carbocycles. The molecule has 0 N–H and O–H groups in total. The van der Waals surface area contributed by atoms with Gasteiger partial charge in [0.2, 0.25) is 0 Å². The van der Waals surface area contributed by atoms with Crippen LogP contribution in [-0.4, -0.2) is 54.5 Å². The molecule has 2 heterocycles. The van der Waals surface area contributed by atoms with E-state index in [4.69, 9.17) is 4.74 Å². The zero-order chi connectivity index (χ0) is 19.5. The van der Waals surface area contributed by atoms with Crippen LogP contribution >= 0.6 is 11.3 Å². The minimum Gasteiger partial charge on any atom is -0.497 e. The Kier molecular flexibility index (Phi) is 5.41. The van der Waals surface area contributed by atoms with Crippen molar-refractivity contribution < 1.29 is 9.53 Å². The summed E-state index contributed by atoms with van der Waals surface area (Å²) >= 11 is 1.50. The van der Waals surface area contributed by atoms with Gasteiger partial charge in [-0.25, -0.2) is 4.98 Å². The second-order valence-corrected chi connectivity index (χ2v) is 7.81. The topological polar surface area (TPSA) is 45.7 Å². The monoisotopic (exact) mass is 393 g/mol. The Hall–Kier alpha value is -2.70. The van der Waals surface area contributed by atoms with Crippen molar-refractivity contribution >= 4 is 17.2 Å². The molecule has 1 fully saturated rings. The Balaban J connectivity index is 1.58. The maximum absolute atomic E-state index is 13.3. The highest BCUT2D eigenvalue weighted by Crippen LogP contribution is 2.29. The number of thiazole rings is 1.